The number of oxime groups is 1. The smallest absolute Gasteiger partial charge is 0.170 e. The van der Waals surface area contributed by atoms with Gasteiger partial charge in [-0.3, -0.25) is 0 Å². The van der Waals surface area contributed by atoms with E-state index in [1.165, 1.54) is 6.07 Å². The van der Waals surface area contributed by atoms with Gasteiger partial charge in [-0.2, -0.15) is 0 Å². The van der Waals surface area contributed by atoms with Crippen molar-refractivity contribution in [2.45, 2.75) is 20.4 Å². The van der Waals surface area contributed by atoms with Gasteiger partial charge in [0.1, 0.15) is 5.82 Å². The lowest BCUT2D eigenvalue weighted by molar-refractivity contribution is 0.318. The second-order valence-corrected chi connectivity index (χ2v) is 4.94. The highest BCUT2D eigenvalue weighted by Crippen LogP contribution is 2.16. The van der Waals surface area contributed by atoms with Gasteiger partial charge < -0.3 is 16.3 Å². The largest absolute Gasteiger partial charge is 0.409 e. The van der Waals surface area contributed by atoms with Gasteiger partial charge >= 0.3 is 0 Å². The van der Waals surface area contributed by atoms with E-state index in [0.29, 0.717) is 17.7 Å². The van der Waals surface area contributed by atoms with Crippen LogP contribution in [0.4, 0.5) is 10.1 Å². The Kier molecular flexibility index (Phi) is 4.42. The van der Waals surface area contributed by atoms with Crippen LogP contribution in [0.5, 0.6) is 0 Å². The molecular weight excluding hydrogens is 269 g/mol. The second-order valence-electron chi connectivity index (χ2n) is 4.94. The van der Waals surface area contributed by atoms with Crippen molar-refractivity contribution < 1.29 is 9.60 Å². The molecule has 0 spiro atoms. The van der Waals surface area contributed by atoms with Crippen LogP contribution in [0.25, 0.3) is 0 Å². The van der Waals surface area contributed by atoms with Gasteiger partial charge in [-0.15, -0.1) is 0 Å². The summed E-state index contributed by atoms with van der Waals surface area (Å²) in [5, 5.41) is 14.8. The highest BCUT2D eigenvalue weighted by Gasteiger charge is 2.04. The average Bonchev–Trinajstić information content (AvgIpc) is 2.48. The van der Waals surface area contributed by atoms with Gasteiger partial charge in [-0.1, -0.05) is 23.4 Å². The third-order valence-electron chi connectivity index (χ3n) is 3.40. The Morgan fingerprint density at radius 1 is 1.19 bits per heavy atom. The molecule has 0 radical (unpaired) electrons. The Bertz CT molecular complexity index is 683. The van der Waals surface area contributed by atoms with Crippen LogP contribution < -0.4 is 11.1 Å². The Morgan fingerprint density at radius 2 is 1.95 bits per heavy atom. The molecule has 0 fully saturated rings. The van der Waals surface area contributed by atoms with Crippen molar-refractivity contribution in [2.75, 3.05) is 5.32 Å². The molecule has 4 nitrogen and oxygen atoms in total. The molecule has 110 valence electrons. The van der Waals surface area contributed by atoms with E-state index in [1.807, 2.05) is 25.1 Å². The van der Waals surface area contributed by atoms with Gasteiger partial charge in [0.25, 0.3) is 0 Å². The molecule has 0 bridgehead atoms. The van der Waals surface area contributed by atoms with Crippen LogP contribution in [0.1, 0.15) is 22.3 Å². The van der Waals surface area contributed by atoms with Crippen LogP contribution in [0, 0.1) is 19.7 Å². The predicted molar refractivity (Wildman–Crippen MR) is 82.2 cm³/mol. The zero-order chi connectivity index (χ0) is 15.4. The predicted octanol–water partition coefficient (Wildman–Crippen LogP) is 3.15. The molecular formula is C16H18FN3O. The zero-order valence-electron chi connectivity index (χ0n) is 12.0. The molecule has 21 heavy (non-hydrogen) atoms. The molecule has 0 unspecified atom stereocenters. The number of hydrogen-bond donors (Lipinski definition) is 3. The number of benzene rings is 2. The molecule has 0 saturated carbocycles. The summed E-state index contributed by atoms with van der Waals surface area (Å²) in [7, 11) is 0. The summed E-state index contributed by atoms with van der Waals surface area (Å²) in [6.07, 6.45) is 0. The van der Waals surface area contributed by atoms with Crippen LogP contribution in [-0.4, -0.2) is 11.0 Å². The molecule has 0 aromatic heterocycles. The SMILES string of the molecule is Cc1ccc(NCc2ccc(/C(N)=N/O)cc2C)cc1F. The van der Waals surface area contributed by atoms with E-state index in [4.69, 9.17) is 10.9 Å². The van der Waals surface area contributed by atoms with E-state index >= 15 is 0 Å². The Balaban J connectivity index is 2.11. The fraction of sp³-hybridized carbons (Fsp3) is 0.188. The summed E-state index contributed by atoms with van der Waals surface area (Å²) in [6.45, 7) is 4.25. The van der Waals surface area contributed by atoms with Gasteiger partial charge in [0, 0.05) is 17.8 Å². The summed E-state index contributed by atoms with van der Waals surface area (Å²) in [5.41, 5.74) is 9.65. The van der Waals surface area contributed by atoms with Gasteiger partial charge in [-0.25, -0.2) is 4.39 Å². The topological polar surface area (TPSA) is 70.6 Å². The summed E-state index contributed by atoms with van der Waals surface area (Å²) >= 11 is 0. The maximum absolute atomic E-state index is 13.5. The number of aryl methyl sites for hydroxylation is 2. The summed E-state index contributed by atoms with van der Waals surface area (Å²) in [4.78, 5) is 0. The van der Waals surface area contributed by atoms with E-state index in [-0.39, 0.29) is 11.7 Å². The number of nitrogens with zero attached hydrogens (tertiary/aromatic N) is 1. The van der Waals surface area contributed by atoms with Crippen LogP contribution in [0.2, 0.25) is 0 Å². The third kappa shape index (κ3) is 3.51. The molecule has 4 N–H and O–H groups in total. The average molecular weight is 287 g/mol. The molecule has 0 atom stereocenters. The van der Waals surface area contributed by atoms with E-state index in [2.05, 4.69) is 10.5 Å². The normalized spacial score (nSPS) is 11.5. The van der Waals surface area contributed by atoms with E-state index < -0.39 is 0 Å². The van der Waals surface area contributed by atoms with Crippen LogP contribution in [0.15, 0.2) is 41.6 Å². The molecule has 0 heterocycles. The molecule has 0 aliphatic rings. The first-order valence-corrected chi connectivity index (χ1v) is 6.58. The Morgan fingerprint density at radius 3 is 2.57 bits per heavy atom. The van der Waals surface area contributed by atoms with Crippen molar-refractivity contribution in [1.82, 2.24) is 0 Å². The maximum atomic E-state index is 13.5. The molecule has 2 rings (SSSR count). The molecule has 0 amide bonds. The number of amidine groups is 1. The quantitative estimate of drug-likeness (QED) is 0.350. The molecule has 5 heteroatoms. The van der Waals surface area contributed by atoms with Crippen molar-refractivity contribution in [3.05, 3.63) is 64.5 Å². The number of hydrogen-bond acceptors (Lipinski definition) is 3. The van der Waals surface area contributed by atoms with Crippen molar-refractivity contribution in [2.24, 2.45) is 10.9 Å². The van der Waals surface area contributed by atoms with Crippen molar-refractivity contribution in [1.29, 1.82) is 0 Å². The van der Waals surface area contributed by atoms with E-state index in [1.54, 1.807) is 19.1 Å². The molecule has 0 saturated heterocycles. The lowest BCUT2D eigenvalue weighted by Crippen LogP contribution is -2.13. The first kappa shape index (κ1) is 14.8. The minimum Gasteiger partial charge on any atom is -0.409 e. The summed E-state index contributed by atoms with van der Waals surface area (Å²) in [5.74, 6) is -0.141. The van der Waals surface area contributed by atoms with Crippen molar-refractivity contribution in [3.8, 4) is 0 Å². The van der Waals surface area contributed by atoms with Gasteiger partial charge in [0.05, 0.1) is 0 Å². The fourth-order valence-electron chi connectivity index (χ4n) is 2.01. The molecule has 0 aliphatic heterocycles. The first-order valence-electron chi connectivity index (χ1n) is 6.58. The van der Waals surface area contributed by atoms with Gasteiger partial charge in [0.15, 0.2) is 5.84 Å². The second kappa shape index (κ2) is 6.26. The summed E-state index contributed by atoms with van der Waals surface area (Å²) in [6, 6.07) is 10.6. The monoisotopic (exact) mass is 287 g/mol. The molecule has 2 aromatic carbocycles. The number of nitrogens with one attached hydrogen (secondary N) is 1. The zero-order valence-corrected chi connectivity index (χ0v) is 12.0. The van der Waals surface area contributed by atoms with Crippen molar-refractivity contribution >= 4 is 11.5 Å². The number of rotatable bonds is 4. The summed E-state index contributed by atoms with van der Waals surface area (Å²) < 4.78 is 13.5. The number of nitrogens with two attached hydrogens (primary N) is 1. The standard InChI is InChI=1S/C16H18FN3O/c1-10-3-6-14(8-15(10)17)19-9-13-5-4-12(7-11(13)2)16(18)20-21/h3-8,19,21H,9H2,1-2H3,(H2,18,20). The van der Waals surface area contributed by atoms with Crippen LogP contribution >= 0.6 is 0 Å². The lowest BCUT2D eigenvalue weighted by Gasteiger charge is -2.11. The van der Waals surface area contributed by atoms with Crippen LogP contribution in [-0.2, 0) is 6.54 Å². The first-order chi connectivity index (χ1) is 10.0. The lowest BCUT2D eigenvalue weighted by atomic mass is 10.0. The third-order valence-corrected chi connectivity index (χ3v) is 3.40. The van der Waals surface area contributed by atoms with E-state index in [9.17, 15) is 4.39 Å². The molecule has 0 aliphatic carbocycles. The Hall–Kier alpha value is -2.56. The fourth-order valence-corrected chi connectivity index (χ4v) is 2.01. The molecule has 2 aromatic rings. The van der Waals surface area contributed by atoms with E-state index in [0.717, 1.165) is 16.8 Å². The highest BCUT2D eigenvalue weighted by atomic mass is 19.1. The van der Waals surface area contributed by atoms with Gasteiger partial charge in [0.2, 0.25) is 0 Å². The number of anilines is 1. The number of halogens is 1. The minimum atomic E-state index is -0.223. The minimum absolute atomic E-state index is 0.0817. The van der Waals surface area contributed by atoms with Crippen LogP contribution in [0.3, 0.4) is 0 Å². The Labute approximate surface area is 123 Å². The maximum Gasteiger partial charge on any atom is 0.170 e. The highest BCUT2D eigenvalue weighted by molar-refractivity contribution is 5.97. The van der Waals surface area contributed by atoms with Crippen molar-refractivity contribution in [3.63, 3.8) is 0 Å². The van der Waals surface area contributed by atoms with Gasteiger partial charge in [-0.05, 0) is 48.7 Å².